The normalized spacial score (nSPS) is 12.6. The molecule has 0 aliphatic heterocycles. The topological polar surface area (TPSA) is 45.1 Å². The van der Waals surface area contributed by atoms with Crippen molar-refractivity contribution in [2.45, 2.75) is 26.4 Å². The summed E-state index contributed by atoms with van der Waals surface area (Å²) in [6.07, 6.45) is 2.25. The first-order chi connectivity index (χ1) is 6.59. The third-order valence-electron chi connectivity index (χ3n) is 1.92. The summed E-state index contributed by atoms with van der Waals surface area (Å²) in [5, 5.41) is 12.2. The lowest BCUT2D eigenvalue weighted by Crippen LogP contribution is -2.10. The molecule has 0 aliphatic carbocycles. The van der Waals surface area contributed by atoms with Gasteiger partial charge in [0, 0.05) is 17.2 Å². The maximum Gasteiger partial charge on any atom is 0.126 e. The Morgan fingerprint density at radius 3 is 2.93 bits per heavy atom. The van der Waals surface area contributed by atoms with E-state index in [4.69, 9.17) is 5.11 Å². The van der Waals surface area contributed by atoms with Crippen LogP contribution in [0.25, 0.3) is 0 Å². The van der Waals surface area contributed by atoms with E-state index in [-0.39, 0.29) is 6.10 Å². The van der Waals surface area contributed by atoms with E-state index in [1.54, 1.807) is 13.1 Å². The Hall–Kier alpha value is -0.610. The molecule has 0 aliphatic rings. The lowest BCUT2D eigenvalue weighted by Gasteiger charge is -2.08. The van der Waals surface area contributed by atoms with Gasteiger partial charge < -0.3 is 10.4 Å². The Labute approximate surface area is 92.7 Å². The molecular weight excluding hydrogens is 244 g/mol. The Bertz CT molecular complexity index is 302. The van der Waals surface area contributed by atoms with E-state index >= 15 is 0 Å². The first-order valence-corrected chi connectivity index (χ1v) is 5.43. The maximum absolute atomic E-state index is 9.06. The molecule has 0 spiro atoms. The quantitative estimate of drug-likeness (QED) is 0.872. The van der Waals surface area contributed by atoms with Gasteiger partial charge >= 0.3 is 0 Å². The van der Waals surface area contributed by atoms with Crippen LogP contribution in [0, 0.1) is 6.92 Å². The van der Waals surface area contributed by atoms with Crippen LogP contribution in [0.4, 0.5) is 5.82 Å². The third-order valence-corrected chi connectivity index (χ3v) is 2.75. The van der Waals surface area contributed by atoms with Crippen LogP contribution in [-0.4, -0.2) is 22.7 Å². The van der Waals surface area contributed by atoms with E-state index in [9.17, 15) is 0 Å². The maximum atomic E-state index is 9.06. The molecule has 1 aromatic heterocycles. The molecule has 1 rings (SSSR count). The number of nitrogens with one attached hydrogen (secondary N) is 1. The number of pyridine rings is 1. The van der Waals surface area contributed by atoms with E-state index in [1.165, 1.54) is 0 Å². The van der Waals surface area contributed by atoms with Gasteiger partial charge in [-0.25, -0.2) is 4.98 Å². The second-order valence-electron chi connectivity index (χ2n) is 3.38. The number of halogens is 1. The van der Waals surface area contributed by atoms with Gasteiger partial charge in [-0.3, -0.25) is 0 Å². The molecule has 14 heavy (non-hydrogen) atoms. The summed E-state index contributed by atoms with van der Waals surface area (Å²) in [6, 6.07) is 1.98. The number of aryl methyl sites for hydroxylation is 1. The van der Waals surface area contributed by atoms with Gasteiger partial charge in [0.05, 0.1) is 6.10 Å². The fourth-order valence-electron chi connectivity index (χ4n) is 1.05. The van der Waals surface area contributed by atoms with Crippen LogP contribution in [0.5, 0.6) is 0 Å². The Kier molecular flexibility index (Phi) is 4.35. The lowest BCUT2D eigenvalue weighted by atomic mass is 10.2. The number of nitrogens with zero attached hydrogens (tertiary/aromatic N) is 1. The summed E-state index contributed by atoms with van der Waals surface area (Å²) in [5.41, 5.74) is 1.15. The minimum absolute atomic E-state index is 0.265. The second kappa shape index (κ2) is 5.32. The predicted octanol–water partition coefficient (Wildman–Crippen LogP) is 2.34. The van der Waals surface area contributed by atoms with Crippen molar-refractivity contribution in [1.82, 2.24) is 4.98 Å². The van der Waals surface area contributed by atoms with E-state index < -0.39 is 0 Å². The molecular formula is C10H15BrN2O. The largest absolute Gasteiger partial charge is 0.393 e. The van der Waals surface area contributed by atoms with Crippen LogP contribution in [0.2, 0.25) is 0 Å². The standard InChI is InChI=1S/C10H15BrN2O/c1-7-5-10(13-6-9(7)11)12-4-3-8(2)14/h5-6,8,14H,3-4H2,1-2H3,(H,12,13)/t8-/m1/s1. The molecule has 3 nitrogen and oxygen atoms in total. The highest BCUT2D eigenvalue weighted by atomic mass is 79.9. The molecule has 1 heterocycles. The predicted molar refractivity (Wildman–Crippen MR) is 61.5 cm³/mol. The summed E-state index contributed by atoms with van der Waals surface area (Å²) in [7, 11) is 0. The van der Waals surface area contributed by atoms with E-state index in [1.807, 2.05) is 13.0 Å². The van der Waals surface area contributed by atoms with Crippen LogP contribution in [0.15, 0.2) is 16.7 Å². The van der Waals surface area contributed by atoms with Crippen molar-refractivity contribution in [2.24, 2.45) is 0 Å². The molecule has 0 bridgehead atoms. The number of aliphatic hydroxyl groups is 1. The molecule has 2 N–H and O–H groups in total. The van der Waals surface area contributed by atoms with Crippen molar-refractivity contribution in [2.75, 3.05) is 11.9 Å². The first kappa shape index (κ1) is 11.5. The second-order valence-corrected chi connectivity index (χ2v) is 4.24. The smallest absolute Gasteiger partial charge is 0.126 e. The van der Waals surface area contributed by atoms with Crippen LogP contribution in [0.3, 0.4) is 0 Å². The molecule has 0 amide bonds. The summed E-state index contributed by atoms with van der Waals surface area (Å²) < 4.78 is 1.01. The van der Waals surface area contributed by atoms with Gasteiger partial charge in [-0.1, -0.05) is 0 Å². The highest BCUT2D eigenvalue weighted by molar-refractivity contribution is 9.10. The van der Waals surface area contributed by atoms with E-state index in [2.05, 4.69) is 26.2 Å². The molecule has 0 saturated heterocycles. The number of anilines is 1. The number of hydrogen-bond donors (Lipinski definition) is 2. The van der Waals surface area contributed by atoms with E-state index in [0.29, 0.717) is 0 Å². The van der Waals surface area contributed by atoms with Crippen molar-refractivity contribution in [3.05, 3.63) is 22.3 Å². The lowest BCUT2D eigenvalue weighted by molar-refractivity contribution is 0.188. The van der Waals surface area contributed by atoms with Gasteiger partial charge in [-0.05, 0) is 47.8 Å². The highest BCUT2D eigenvalue weighted by Gasteiger charge is 1.99. The summed E-state index contributed by atoms with van der Waals surface area (Å²) in [4.78, 5) is 4.20. The van der Waals surface area contributed by atoms with Crippen molar-refractivity contribution < 1.29 is 5.11 Å². The van der Waals surface area contributed by atoms with Crippen LogP contribution >= 0.6 is 15.9 Å². The number of hydrogen-bond acceptors (Lipinski definition) is 3. The summed E-state index contributed by atoms with van der Waals surface area (Å²) in [6.45, 7) is 4.54. The fourth-order valence-corrected chi connectivity index (χ4v) is 1.26. The van der Waals surface area contributed by atoms with Gasteiger partial charge in [-0.2, -0.15) is 0 Å². The van der Waals surface area contributed by atoms with Gasteiger partial charge in [0.25, 0.3) is 0 Å². The van der Waals surface area contributed by atoms with Gasteiger partial charge in [-0.15, -0.1) is 0 Å². The van der Waals surface area contributed by atoms with Crippen molar-refractivity contribution >= 4 is 21.7 Å². The minimum Gasteiger partial charge on any atom is -0.393 e. The number of rotatable bonds is 4. The minimum atomic E-state index is -0.265. The zero-order valence-electron chi connectivity index (χ0n) is 8.42. The fraction of sp³-hybridized carbons (Fsp3) is 0.500. The molecule has 4 heteroatoms. The van der Waals surface area contributed by atoms with Crippen LogP contribution in [-0.2, 0) is 0 Å². The molecule has 0 aromatic carbocycles. The molecule has 0 unspecified atom stereocenters. The molecule has 1 atom stereocenters. The number of aromatic nitrogens is 1. The summed E-state index contributed by atoms with van der Waals surface area (Å²) in [5.74, 6) is 0.853. The van der Waals surface area contributed by atoms with Gasteiger partial charge in [0.2, 0.25) is 0 Å². The molecule has 0 radical (unpaired) electrons. The zero-order valence-corrected chi connectivity index (χ0v) is 10.0. The average molecular weight is 259 g/mol. The zero-order chi connectivity index (χ0) is 10.6. The van der Waals surface area contributed by atoms with Gasteiger partial charge in [0.1, 0.15) is 5.82 Å². The highest BCUT2D eigenvalue weighted by Crippen LogP contribution is 2.17. The van der Waals surface area contributed by atoms with Crippen molar-refractivity contribution in [3.63, 3.8) is 0 Å². The molecule has 1 aromatic rings. The van der Waals surface area contributed by atoms with Gasteiger partial charge in [0.15, 0.2) is 0 Å². The van der Waals surface area contributed by atoms with E-state index in [0.717, 1.165) is 28.8 Å². The third kappa shape index (κ3) is 3.64. The van der Waals surface area contributed by atoms with Crippen molar-refractivity contribution in [1.29, 1.82) is 0 Å². The number of aliphatic hydroxyl groups excluding tert-OH is 1. The van der Waals surface area contributed by atoms with Crippen LogP contribution in [0.1, 0.15) is 18.9 Å². The molecule has 78 valence electrons. The first-order valence-electron chi connectivity index (χ1n) is 4.63. The average Bonchev–Trinajstić information content (AvgIpc) is 2.10. The summed E-state index contributed by atoms with van der Waals surface area (Å²) >= 11 is 3.39. The monoisotopic (exact) mass is 258 g/mol. The van der Waals surface area contributed by atoms with Crippen molar-refractivity contribution in [3.8, 4) is 0 Å². The molecule has 0 saturated carbocycles. The Balaban J connectivity index is 2.47. The SMILES string of the molecule is Cc1cc(NCC[C@@H](C)O)ncc1Br. The Morgan fingerprint density at radius 2 is 2.36 bits per heavy atom. The Morgan fingerprint density at radius 1 is 1.64 bits per heavy atom. The van der Waals surface area contributed by atoms with Crippen LogP contribution < -0.4 is 5.32 Å². The molecule has 0 fully saturated rings.